The number of methoxy groups -OCH3 is 1. The summed E-state index contributed by atoms with van der Waals surface area (Å²) >= 11 is 0. The number of aryl methyl sites for hydroxylation is 1. The number of carbonyl (C=O) groups excluding carboxylic acids is 2. The summed E-state index contributed by atoms with van der Waals surface area (Å²) < 4.78 is 10.5. The third kappa shape index (κ3) is 3.55. The number of aliphatic hydroxyl groups excluding tert-OH is 1. The normalized spacial score (nSPS) is 14.7. The Morgan fingerprint density at radius 2 is 2.00 bits per heavy atom. The van der Waals surface area contributed by atoms with Crippen molar-refractivity contribution < 1.29 is 24.2 Å². The van der Waals surface area contributed by atoms with Gasteiger partial charge in [0, 0.05) is 12.1 Å². The van der Waals surface area contributed by atoms with Crippen molar-refractivity contribution in [1.82, 2.24) is 4.90 Å². The number of carbonyl (C=O) groups is 2. The summed E-state index contributed by atoms with van der Waals surface area (Å²) in [5, 5.41) is 10.5. The minimum Gasteiger partial charge on any atom is -0.490 e. The van der Waals surface area contributed by atoms with Gasteiger partial charge in [0.25, 0.3) is 5.91 Å². The molecule has 1 aliphatic heterocycles. The van der Waals surface area contributed by atoms with Crippen LogP contribution in [0.15, 0.2) is 42.5 Å². The van der Waals surface area contributed by atoms with Gasteiger partial charge < -0.3 is 19.5 Å². The van der Waals surface area contributed by atoms with Crippen molar-refractivity contribution in [2.24, 2.45) is 0 Å². The van der Waals surface area contributed by atoms with E-state index in [2.05, 4.69) is 0 Å². The molecule has 0 aliphatic carbocycles. The second-order valence-electron chi connectivity index (χ2n) is 6.21. The van der Waals surface area contributed by atoms with Crippen molar-refractivity contribution in [3.8, 4) is 5.75 Å². The van der Waals surface area contributed by atoms with Gasteiger partial charge in [0.2, 0.25) is 0 Å². The molecule has 1 N–H and O–H groups in total. The van der Waals surface area contributed by atoms with Crippen LogP contribution in [-0.4, -0.2) is 42.1 Å². The maximum absolute atomic E-state index is 12.8. The van der Waals surface area contributed by atoms with E-state index in [-0.39, 0.29) is 13.2 Å². The predicted octanol–water partition coefficient (Wildman–Crippen LogP) is 2.24. The number of ether oxygens (including phenoxy) is 2. The summed E-state index contributed by atoms with van der Waals surface area (Å²) in [6.45, 7) is 2.71. The lowest BCUT2D eigenvalue weighted by Crippen LogP contribution is -2.36. The first-order valence-corrected chi connectivity index (χ1v) is 8.37. The highest BCUT2D eigenvalue weighted by Gasteiger charge is 2.28. The number of fused-ring (bicyclic) bond motifs is 1. The minimum absolute atomic E-state index is 0.229. The molecule has 6 heteroatoms. The van der Waals surface area contributed by atoms with Crippen LogP contribution in [0.4, 0.5) is 0 Å². The van der Waals surface area contributed by atoms with Crippen LogP contribution in [0.25, 0.3) is 0 Å². The van der Waals surface area contributed by atoms with Gasteiger partial charge in [0.15, 0.2) is 6.10 Å². The highest BCUT2D eigenvalue weighted by Crippen LogP contribution is 2.29. The summed E-state index contributed by atoms with van der Waals surface area (Å²) in [5.41, 5.74) is 2.57. The van der Waals surface area contributed by atoms with Gasteiger partial charge in [0.1, 0.15) is 17.9 Å². The van der Waals surface area contributed by atoms with Crippen molar-refractivity contribution in [2.75, 3.05) is 20.3 Å². The van der Waals surface area contributed by atoms with Gasteiger partial charge in [-0.3, -0.25) is 4.79 Å². The zero-order valence-electron chi connectivity index (χ0n) is 14.8. The number of para-hydroxylation sites is 1. The van der Waals surface area contributed by atoms with Crippen LogP contribution in [0.3, 0.4) is 0 Å². The zero-order valence-corrected chi connectivity index (χ0v) is 14.8. The Morgan fingerprint density at radius 1 is 1.23 bits per heavy atom. The van der Waals surface area contributed by atoms with E-state index in [1.54, 1.807) is 35.2 Å². The second kappa shape index (κ2) is 7.58. The van der Waals surface area contributed by atoms with E-state index < -0.39 is 18.0 Å². The summed E-state index contributed by atoms with van der Waals surface area (Å²) in [6.07, 6.45) is -1.24. The van der Waals surface area contributed by atoms with Crippen molar-refractivity contribution in [2.45, 2.75) is 19.6 Å². The number of rotatable bonds is 3. The second-order valence-corrected chi connectivity index (χ2v) is 6.21. The molecule has 0 saturated heterocycles. The summed E-state index contributed by atoms with van der Waals surface area (Å²) in [4.78, 5) is 26.2. The minimum atomic E-state index is -1.24. The van der Waals surface area contributed by atoms with Crippen LogP contribution in [-0.2, 0) is 16.1 Å². The van der Waals surface area contributed by atoms with Crippen LogP contribution in [0.1, 0.15) is 33.2 Å². The molecule has 2 aromatic rings. The van der Waals surface area contributed by atoms with Gasteiger partial charge in [-0.15, -0.1) is 0 Å². The van der Waals surface area contributed by atoms with E-state index in [0.717, 1.165) is 5.56 Å². The van der Waals surface area contributed by atoms with E-state index in [1.807, 2.05) is 19.1 Å². The molecule has 26 heavy (non-hydrogen) atoms. The first kappa shape index (κ1) is 17.9. The molecular formula is C20H21NO5. The summed E-state index contributed by atoms with van der Waals surface area (Å²) in [6, 6.07) is 12.4. The van der Waals surface area contributed by atoms with Gasteiger partial charge in [-0.05, 0) is 18.6 Å². The highest BCUT2D eigenvalue weighted by atomic mass is 16.5. The quantitative estimate of drug-likeness (QED) is 0.855. The Kier molecular flexibility index (Phi) is 5.23. The maximum atomic E-state index is 12.8. The first-order chi connectivity index (χ1) is 12.5. The zero-order chi connectivity index (χ0) is 18.7. The van der Waals surface area contributed by atoms with Crippen molar-refractivity contribution in [3.05, 3.63) is 64.7 Å². The molecule has 6 nitrogen and oxygen atoms in total. The van der Waals surface area contributed by atoms with Crippen molar-refractivity contribution in [3.63, 3.8) is 0 Å². The molecule has 2 aromatic carbocycles. The van der Waals surface area contributed by atoms with E-state index in [0.29, 0.717) is 29.0 Å². The molecule has 0 saturated carbocycles. The molecule has 0 spiro atoms. The third-order valence-corrected chi connectivity index (χ3v) is 4.37. The fraction of sp³-hybridized carbons (Fsp3) is 0.300. The number of hydrogen-bond donors (Lipinski definition) is 1. The van der Waals surface area contributed by atoms with Crippen LogP contribution in [0.5, 0.6) is 5.75 Å². The van der Waals surface area contributed by atoms with E-state index in [9.17, 15) is 14.7 Å². The molecule has 0 fully saturated rings. The van der Waals surface area contributed by atoms with Gasteiger partial charge in [-0.25, -0.2) is 4.79 Å². The molecular weight excluding hydrogens is 334 g/mol. The van der Waals surface area contributed by atoms with Crippen molar-refractivity contribution in [1.29, 1.82) is 0 Å². The Labute approximate surface area is 152 Å². The fourth-order valence-electron chi connectivity index (χ4n) is 3.04. The first-order valence-electron chi connectivity index (χ1n) is 8.37. The number of benzene rings is 2. The molecule has 136 valence electrons. The molecule has 0 bridgehead atoms. The molecule has 1 amide bonds. The number of esters is 1. The molecule has 0 aromatic heterocycles. The standard InChI is InChI=1S/C20H21NO5/c1-13-5-3-6-14(11-13)17(22)19(23)21-9-10-26-18-15(12-21)7-4-8-16(18)20(24)25-2/h3-8,11,17,22H,9-10,12H2,1-2H3. The molecule has 1 atom stereocenters. The Morgan fingerprint density at radius 3 is 2.73 bits per heavy atom. The average molecular weight is 355 g/mol. The lowest BCUT2D eigenvalue weighted by molar-refractivity contribution is -0.141. The number of aliphatic hydroxyl groups is 1. The Hall–Kier alpha value is -2.86. The maximum Gasteiger partial charge on any atom is 0.341 e. The van der Waals surface area contributed by atoms with E-state index in [1.165, 1.54) is 7.11 Å². The Balaban J connectivity index is 1.85. The van der Waals surface area contributed by atoms with E-state index in [4.69, 9.17) is 9.47 Å². The largest absolute Gasteiger partial charge is 0.490 e. The molecule has 1 unspecified atom stereocenters. The smallest absolute Gasteiger partial charge is 0.341 e. The monoisotopic (exact) mass is 355 g/mol. The Bertz CT molecular complexity index is 833. The van der Waals surface area contributed by atoms with Gasteiger partial charge in [-0.2, -0.15) is 0 Å². The number of hydrogen-bond acceptors (Lipinski definition) is 5. The van der Waals surface area contributed by atoms with Gasteiger partial charge in [0.05, 0.1) is 13.7 Å². The van der Waals surface area contributed by atoms with Crippen LogP contribution >= 0.6 is 0 Å². The highest BCUT2D eigenvalue weighted by molar-refractivity contribution is 5.93. The van der Waals surface area contributed by atoms with E-state index >= 15 is 0 Å². The number of nitrogens with zero attached hydrogens (tertiary/aromatic N) is 1. The third-order valence-electron chi connectivity index (χ3n) is 4.37. The lowest BCUT2D eigenvalue weighted by atomic mass is 10.0. The number of amides is 1. The molecule has 3 rings (SSSR count). The van der Waals surface area contributed by atoms with Crippen LogP contribution in [0.2, 0.25) is 0 Å². The van der Waals surface area contributed by atoms with Crippen LogP contribution < -0.4 is 4.74 Å². The summed E-state index contributed by atoms with van der Waals surface area (Å²) in [7, 11) is 1.31. The van der Waals surface area contributed by atoms with Crippen LogP contribution in [0, 0.1) is 6.92 Å². The molecule has 0 radical (unpaired) electrons. The molecule has 1 heterocycles. The topological polar surface area (TPSA) is 76.1 Å². The molecule has 1 aliphatic rings. The van der Waals surface area contributed by atoms with Gasteiger partial charge >= 0.3 is 5.97 Å². The fourth-order valence-corrected chi connectivity index (χ4v) is 3.04. The summed E-state index contributed by atoms with van der Waals surface area (Å²) in [5.74, 6) is -0.448. The van der Waals surface area contributed by atoms with Crippen molar-refractivity contribution >= 4 is 11.9 Å². The average Bonchev–Trinajstić information content (AvgIpc) is 2.88. The lowest BCUT2D eigenvalue weighted by Gasteiger charge is -2.23. The predicted molar refractivity (Wildman–Crippen MR) is 94.8 cm³/mol. The SMILES string of the molecule is COC(=O)c1cccc2c1OCCN(C(=O)C(O)c1cccc(C)c1)C2. The van der Waals surface area contributed by atoms with Gasteiger partial charge in [-0.1, -0.05) is 42.0 Å².